The molecule has 3 aliphatic rings. The molecule has 2 heteroatoms. The van der Waals surface area contributed by atoms with E-state index in [1.807, 2.05) is 0 Å². The second kappa shape index (κ2) is 3.74. The van der Waals surface area contributed by atoms with Crippen molar-refractivity contribution in [3.05, 3.63) is 0 Å². The minimum atomic E-state index is -0.157. The molecule has 1 aliphatic carbocycles. The van der Waals surface area contributed by atoms with Gasteiger partial charge in [-0.1, -0.05) is 19.3 Å². The lowest BCUT2D eigenvalue weighted by Gasteiger charge is -2.39. The van der Waals surface area contributed by atoms with Crippen molar-refractivity contribution in [2.24, 2.45) is 0 Å². The molecule has 0 radical (unpaired) electrons. The van der Waals surface area contributed by atoms with E-state index >= 15 is 0 Å². The summed E-state index contributed by atoms with van der Waals surface area (Å²) in [6.07, 6.45) is 12.7. The highest BCUT2D eigenvalue weighted by atomic mass is 16.7. The highest BCUT2D eigenvalue weighted by Crippen LogP contribution is 2.49. The lowest BCUT2D eigenvalue weighted by molar-refractivity contribution is -0.272. The summed E-state index contributed by atoms with van der Waals surface area (Å²) in [5.41, 5.74) is 0.218. The van der Waals surface area contributed by atoms with Crippen LogP contribution in [0.1, 0.15) is 64.2 Å². The van der Waals surface area contributed by atoms with Gasteiger partial charge in [0.25, 0.3) is 0 Å². The Hall–Kier alpha value is -0.0800. The Morgan fingerprint density at radius 1 is 0.667 bits per heavy atom. The maximum absolute atomic E-state index is 6.40. The summed E-state index contributed by atoms with van der Waals surface area (Å²) in [5, 5.41) is 0. The third-order valence-electron chi connectivity index (χ3n) is 4.45. The number of ether oxygens (including phenoxy) is 2. The van der Waals surface area contributed by atoms with E-state index < -0.39 is 0 Å². The average Bonchev–Trinajstić information content (AvgIpc) is 2.60. The Bertz CT molecular complexity index is 201. The molecule has 2 spiro atoms. The van der Waals surface area contributed by atoms with Crippen LogP contribution in [0.25, 0.3) is 0 Å². The minimum Gasteiger partial charge on any atom is -0.350 e. The van der Waals surface area contributed by atoms with Crippen LogP contribution in [0.15, 0.2) is 0 Å². The Morgan fingerprint density at radius 2 is 1.47 bits per heavy atom. The summed E-state index contributed by atoms with van der Waals surface area (Å²) in [7, 11) is 0. The van der Waals surface area contributed by atoms with Crippen LogP contribution in [0, 0.1) is 0 Å². The van der Waals surface area contributed by atoms with Gasteiger partial charge in [-0.15, -0.1) is 0 Å². The molecule has 0 amide bonds. The van der Waals surface area contributed by atoms with Crippen LogP contribution in [0.3, 0.4) is 0 Å². The molecule has 1 unspecified atom stereocenters. The summed E-state index contributed by atoms with van der Waals surface area (Å²) >= 11 is 0. The topological polar surface area (TPSA) is 18.5 Å². The van der Waals surface area contributed by atoms with Crippen LogP contribution in [0.2, 0.25) is 0 Å². The van der Waals surface area contributed by atoms with E-state index in [0.717, 1.165) is 19.4 Å². The van der Waals surface area contributed by atoms with Crippen molar-refractivity contribution in [2.45, 2.75) is 75.6 Å². The van der Waals surface area contributed by atoms with Crippen LogP contribution >= 0.6 is 0 Å². The fraction of sp³-hybridized carbons (Fsp3) is 1.00. The Labute approximate surface area is 92.3 Å². The minimum absolute atomic E-state index is 0.157. The largest absolute Gasteiger partial charge is 0.350 e. The first-order valence-corrected chi connectivity index (χ1v) is 6.67. The van der Waals surface area contributed by atoms with Gasteiger partial charge < -0.3 is 9.47 Å². The standard InChI is InChI=1S/C13H22O2/c1-2-6-12(7-3-1)9-10-13(15-12)8-4-5-11-14-13/h1-11H2. The third-order valence-corrected chi connectivity index (χ3v) is 4.45. The van der Waals surface area contributed by atoms with Gasteiger partial charge in [-0.3, -0.25) is 0 Å². The molecule has 2 heterocycles. The lowest BCUT2D eigenvalue weighted by Crippen LogP contribution is -2.41. The van der Waals surface area contributed by atoms with Crippen molar-refractivity contribution < 1.29 is 9.47 Å². The first-order chi connectivity index (χ1) is 7.33. The Kier molecular flexibility index (Phi) is 2.52. The van der Waals surface area contributed by atoms with E-state index in [-0.39, 0.29) is 11.4 Å². The van der Waals surface area contributed by atoms with Crippen molar-refractivity contribution in [3.8, 4) is 0 Å². The molecule has 3 fully saturated rings. The van der Waals surface area contributed by atoms with E-state index in [4.69, 9.17) is 9.47 Å². The van der Waals surface area contributed by atoms with Gasteiger partial charge in [0.15, 0.2) is 5.79 Å². The number of hydrogen-bond acceptors (Lipinski definition) is 2. The summed E-state index contributed by atoms with van der Waals surface area (Å²) in [6, 6.07) is 0. The molecule has 86 valence electrons. The normalized spacial score (nSPS) is 40.0. The third kappa shape index (κ3) is 1.83. The lowest BCUT2D eigenvalue weighted by atomic mass is 9.83. The fourth-order valence-electron chi connectivity index (χ4n) is 3.57. The smallest absolute Gasteiger partial charge is 0.169 e. The van der Waals surface area contributed by atoms with Gasteiger partial charge in [-0.2, -0.15) is 0 Å². The second-order valence-electron chi connectivity index (χ2n) is 5.56. The first kappa shape index (κ1) is 10.1. The summed E-state index contributed by atoms with van der Waals surface area (Å²) < 4.78 is 12.3. The van der Waals surface area contributed by atoms with Crippen molar-refractivity contribution in [1.82, 2.24) is 0 Å². The van der Waals surface area contributed by atoms with E-state index in [2.05, 4.69) is 0 Å². The monoisotopic (exact) mass is 210 g/mol. The van der Waals surface area contributed by atoms with Crippen LogP contribution in [0.4, 0.5) is 0 Å². The predicted molar refractivity (Wildman–Crippen MR) is 58.7 cm³/mol. The van der Waals surface area contributed by atoms with Crippen LogP contribution < -0.4 is 0 Å². The van der Waals surface area contributed by atoms with Gasteiger partial charge >= 0.3 is 0 Å². The van der Waals surface area contributed by atoms with Gasteiger partial charge in [0.1, 0.15) is 0 Å². The van der Waals surface area contributed by atoms with Crippen LogP contribution in [0.5, 0.6) is 0 Å². The molecular formula is C13H22O2. The predicted octanol–water partition coefficient (Wildman–Crippen LogP) is 3.40. The number of hydrogen-bond donors (Lipinski definition) is 0. The Morgan fingerprint density at radius 3 is 2.20 bits per heavy atom. The van der Waals surface area contributed by atoms with Gasteiger partial charge in [0, 0.05) is 12.8 Å². The van der Waals surface area contributed by atoms with Crippen molar-refractivity contribution in [2.75, 3.05) is 6.61 Å². The van der Waals surface area contributed by atoms with Crippen LogP contribution in [-0.2, 0) is 9.47 Å². The molecular weight excluding hydrogens is 188 g/mol. The second-order valence-corrected chi connectivity index (χ2v) is 5.56. The molecule has 2 nitrogen and oxygen atoms in total. The van der Waals surface area contributed by atoms with Crippen molar-refractivity contribution >= 4 is 0 Å². The highest BCUT2D eigenvalue weighted by Gasteiger charge is 2.50. The summed E-state index contributed by atoms with van der Waals surface area (Å²) in [6.45, 7) is 0.913. The molecule has 1 saturated carbocycles. The first-order valence-electron chi connectivity index (χ1n) is 6.67. The van der Waals surface area contributed by atoms with E-state index in [1.165, 1.54) is 51.4 Å². The molecule has 3 rings (SSSR count). The Balaban J connectivity index is 1.70. The molecule has 0 aromatic rings. The maximum Gasteiger partial charge on any atom is 0.169 e. The highest BCUT2D eigenvalue weighted by molar-refractivity contribution is 4.95. The van der Waals surface area contributed by atoms with E-state index in [9.17, 15) is 0 Å². The molecule has 15 heavy (non-hydrogen) atoms. The molecule has 0 N–H and O–H groups in total. The maximum atomic E-state index is 6.40. The quantitative estimate of drug-likeness (QED) is 0.610. The molecule has 0 bridgehead atoms. The van der Waals surface area contributed by atoms with E-state index in [0.29, 0.717) is 0 Å². The van der Waals surface area contributed by atoms with Crippen molar-refractivity contribution in [3.63, 3.8) is 0 Å². The molecule has 2 saturated heterocycles. The average molecular weight is 210 g/mol. The van der Waals surface area contributed by atoms with Crippen LogP contribution in [-0.4, -0.2) is 18.0 Å². The molecule has 0 aromatic carbocycles. The molecule has 2 aliphatic heterocycles. The molecule has 1 atom stereocenters. The van der Waals surface area contributed by atoms with Gasteiger partial charge in [-0.05, 0) is 32.1 Å². The zero-order chi connectivity index (χ0) is 10.2. The summed E-state index contributed by atoms with van der Waals surface area (Å²) in [4.78, 5) is 0. The van der Waals surface area contributed by atoms with Gasteiger partial charge in [-0.25, -0.2) is 0 Å². The summed E-state index contributed by atoms with van der Waals surface area (Å²) in [5.74, 6) is -0.157. The van der Waals surface area contributed by atoms with E-state index in [1.54, 1.807) is 0 Å². The zero-order valence-electron chi connectivity index (χ0n) is 9.59. The van der Waals surface area contributed by atoms with Crippen molar-refractivity contribution in [1.29, 1.82) is 0 Å². The van der Waals surface area contributed by atoms with Gasteiger partial charge in [0.2, 0.25) is 0 Å². The van der Waals surface area contributed by atoms with Gasteiger partial charge in [0.05, 0.1) is 12.2 Å². The number of rotatable bonds is 0. The zero-order valence-corrected chi connectivity index (χ0v) is 9.59. The fourth-order valence-corrected chi connectivity index (χ4v) is 3.57. The SMILES string of the molecule is C1CCC2(CC1)CCC1(CCCCO1)O2. The molecule has 0 aromatic heterocycles.